The number of piperidine rings is 1. The number of carbonyl (C=O) groups excluding carboxylic acids is 5. The second-order valence-corrected chi connectivity index (χ2v) is 26.3. The van der Waals surface area contributed by atoms with Crippen molar-refractivity contribution in [2.24, 2.45) is 17.3 Å². The van der Waals surface area contributed by atoms with E-state index in [2.05, 4.69) is 30.5 Å². The fourth-order valence-electron chi connectivity index (χ4n) is 11.0. The SMILES string of the molecule is CO[C@](C)([Si])c1ncccc1-c1c2c3cc(ccc3n1CC(F)(F)F)-c1csc(n1)C[Si](NC(=O)[C@H](C(C)C)N(C)C(=O)N1CCC(CN(C)C(=O)/C=C/CN3CCOCC3)CC1)C(=O)N1CCC[C@H](N1)C(=O)OCC(C)(C)C2. The number of cyclic esters (lactones) is 1. The molecule has 24 heteroatoms. The monoisotopic (exact) mass is 1150 g/mol. The number of amides is 5. The number of ether oxygens (including phenoxy) is 3. The summed E-state index contributed by atoms with van der Waals surface area (Å²) < 4.78 is 62.9. The number of hydrogen-bond acceptors (Lipinski definition) is 13. The number of likely N-dealkylation sites (N-methyl/N-ethyl adjacent to an activating group) is 2. The van der Waals surface area contributed by atoms with Gasteiger partial charge in [-0.05, 0) is 80.7 Å². The maximum absolute atomic E-state index is 14.8. The molecule has 8 rings (SSSR count). The first-order valence-electron chi connectivity index (χ1n) is 27.0. The molecule has 4 aliphatic rings. The van der Waals surface area contributed by atoms with Gasteiger partial charge in [0.1, 0.15) is 18.6 Å². The number of morpholine rings is 1. The van der Waals surface area contributed by atoms with Crippen LogP contribution in [0, 0.1) is 17.3 Å². The van der Waals surface area contributed by atoms with E-state index in [1.165, 1.54) is 32.9 Å². The summed E-state index contributed by atoms with van der Waals surface area (Å²) in [5.41, 5.74) is 5.00. The van der Waals surface area contributed by atoms with Crippen molar-refractivity contribution in [1.82, 2.24) is 49.6 Å². The van der Waals surface area contributed by atoms with Crippen molar-refractivity contribution in [2.75, 3.05) is 86.8 Å². The first kappa shape index (κ1) is 59.6. The summed E-state index contributed by atoms with van der Waals surface area (Å²) >= 11 is 1.29. The molecule has 4 aromatic rings. The van der Waals surface area contributed by atoms with Crippen molar-refractivity contribution in [2.45, 2.75) is 103 Å². The molecule has 0 saturated carbocycles. The Hall–Kier alpha value is -5.51. The number of hydrazine groups is 1. The first-order valence-corrected chi connectivity index (χ1v) is 30.1. The number of nitrogens with zero attached hydrogens (tertiary/aromatic N) is 8. The largest absolute Gasteiger partial charge is 0.464 e. The average molecular weight is 1150 g/mol. The molecule has 3 aromatic heterocycles. The third kappa shape index (κ3) is 14.3. The fraction of sp³-hybridized carbons (Fsp3) is 0.582. The molecule has 3 atom stereocenters. The Morgan fingerprint density at radius 3 is 2.51 bits per heavy atom. The molecule has 7 heterocycles. The molecule has 5 amide bonds. The highest BCUT2D eigenvalue weighted by molar-refractivity contribution is 7.10. The van der Waals surface area contributed by atoms with Crippen LogP contribution in [0.15, 0.2) is 54.1 Å². The number of esters is 1. The maximum atomic E-state index is 14.8. The number of alkyl halides is 3. The second kappa shape index (κ2) is 25.1. The summed E-state index contributed by atoms with van der Waals surface area (Å²) in [7, 11) is 5.93. The van der Waals surface area contributed by atoms with Gasteiger partial charge in [-0.2, -0.15) is 13.2 Å². The molecule has 4 aliphatic heterocycles. The number of rotatable bonds is 13. The number of likely N-dealkylation sites (tertiary alicyclic amines) is 1. The van der Waals surface area contributed by atoms with E-state index in [1.54, 1.807) is 67.4 Å². The number of benzene rings is 1. The van der Waals surface area contributed by atoms with Gasteiger partial charge in [0, 0.05) is 118 Å². The van der Waals surface area contributed by atoms with Gasteiger partial charge in [0.2, 0.25) is 17.3 Å². The molecule has 3 saturated heterocycles. The van der Waals surface area contributed by atoms with Gasteiger partial charge in [-0.3, -0.25) is 34.1 Å². The van der Waals surface area contributed by atoms with E-state index in [0.29, 0.717) is 115 Å². The summed E-state index contributed by atoms with van der Waals surface area (Å²) in [6.07, 6.45) is 2.81. The zero-order valence-corrected chi connectivity index (χ0v) is 49.2. The molecule has 79 heavy (non-hydrogen) atoms. The summed E-state index contributed by atoms with van der Waals surface area (Å²) in [6.45, 7) is 13.2. The molecule has 0 spiro atoms. The van der Waals surface area contributed by atoms with Crippen LogP contribution < -0.4 is 10.4 Å². The van der Waals surface area contributed by atoms with Gasteiger partial charge in [0.15, 0.2) is 0 Å². The smallest absolute Gasteiger partial charge is 0.406 e. The number of aromatic nitrogens is 3. The van der Waals surface area contributed by atoms with E-state index in [4.69, 9.17) is 19.2 Å². The van der Waals surface area contributed by atoms with Crippen molar-refractivity contribution in [3.63, 3.8) is 0 Å². The molecule has 18 nitrogen and oxygen atoms in total. The summed E-state index contributed by atoms with van der Waals surface area (Å²) in [4.78, 5) is 90.6. The Balaban J connectivity index is 1.06. The van der Waals surface area contributed by atoms with Crippen molar-refractivity contribution in [1.29, 1.82) is 0 Å². The van der Waals surface area contributed by atoms with Gasteiger partial charge in [-0.25, -0.2) is 15.2 Å². The van der Waals surface area contributed by atoms with E-state index in [9.17, 15) is 37.1 Å². The molecule has 0 aliphatic carbocycles. The van der Waals surface area contributed by atoms with Gasteiger partial charge >= 0.3 is 18.2 Å². The average Bonchev–Trinajstić information content (AvgIpc) is 4.16. The van der Waals surface area contributed by atoms with Crippen molar-refractivity contribution in [3.8, 4) is 22.5 Å². The molecule has 426 valence electrons. The van der Waals surface area contributed by atoms with Crippen LogP contribution in [0.4, 0.5) is 22.8 Å². The number of nitrogens with one attached hydrogen (secondary N) is 2. The fourth-order valence-corrected chi connectivity index (χ4v) is 14.2. The van der Waals surface area contributed by atoms with Crippen molar-refractivity contribution < 1.29 is 51.4 Å². The van der Waals surface area contributed by atoms with Gasteiger partial charge in [-0.1, -0.05) is 39.8 Å². The third-order valence-corrected chi connectivity index (χ3v) is 18.8. The van der Waals surface area contributed by atoms with Crippen LogP contribution in [0.25, 0.3) is 33.4 Å². The van der Waals surface area contributed by atoms with Crippen molar-refractivity contribution >= 4 is 70.8 Å². The molecule has 0 unspecified atom stereocenters. The number of carbonyl (C=O) groups is 5. The molecule has 2 N–H and O–H groups in total. The lowest BCUT2D eigenvalue weighted by molar-refractivity contribution is -0.151. The lowest BCUT2D eigenvalue weighted by Gasteiger charge is -2.39. The van der Waals surface area contributed by atoms with Crippen LogP contribution in [-0.4, -0.2) is 193 Å². The molecule has 4 radical (unpaired) electrons. The predicted octanol–water partition coefficient (Wildman–Crippen LogP) is 6.50. The second-order valence-electron chi connectivity index (χ2n) is 22.4. The lowest BCUT2D eigenvalue weighted by Crippen LogP contribution is -2.64. The van der Waals surface area contributed by atoms with Crippen molar-refractivity contribution in [3.05, 3.63) is 70.3 Å². The van der Waals surface area contributed by atoms with Crippen LogP contribution >= 0.6 is 11.3 Å². The summed E-state index contributed by atoms with van der Waals surface area (Å²) in [5.74, 6) is -1.34. The Morgan fingerprint density at radius 2 is 1.81 bits per heavy atom. The number of urea groups is 1. The van der Waals surface area contributed by atoms with Crippen LogP contribution in [0.1, 0.15) is 76.6 Å². The Labute approximate surface area is 469 Å². The van der Waals surface area contributed by atoms with Gasteiger partial charge in [0.25, 0.3) is 8.96 Å². The maximum Gasteiger partial charge on any atom is 0.406 e. The normalized spacial score (nSPS) is 20.5. The highest BCUT2D eigenvalue weighted by Gasteiger charge is 2.41. The minimum absolute atomic E-state index is 0.0476. The summed E-state index contributed by atoms with van der Waals surface area (Å²) in [6, 6.07) is 6.48. The quantitative estimate of drug-likeness (QED) is 0.0844. The van der Waals surface area contributed by atoms with E-state index in [1.807, 2.05) is 45.2 Å². The molecule has 6 bridgehead atoms. The Bertz CT molecular complexity index is 2880. The van der Waals surface area contributed by atoms with E-state index < -0.39 is 61.8 Å². The minimum Gasteiger partial charge on any atom is -0.464 e. The standard InChI is InChI=1S/C55H73F3N10O8SSi2/c1-35(2)46(64(7)51(72)66-22-17-36(18-23-66)30-63(6)45(69)14-11-20-65-24-26-75-27-25-65)49(70)62-79-32-44-60-42(31-77-44)37-15-16-43-39(28-37)40(29-53(3,4)34-76-50(71)41-13-10-21-68(61-41)52(79)73)47(67(43)33-55(56,57)58)38-12-9-19-59-48(38)54(5,78)74-8/h9,11-12,14-16,19,28,31,35-36,41,46,61H,10,13,17-18,20-27,29-30,32-34H2,1-8H3,(H,62,70)/b14-11+/t41-,46-,54+/m0/s1. The number of fused-ring (bicyclic) bond motifs is 6. The van der Waals surface area contributed by atoms with Crippen LogP contribution in [-0.2, 0) is 52.8 Å². The van der Waals surface area contributed by atoms with Gasteiger partial charge in [0.05, 0.1) is 57.4 Å². The van der Waals surface area contributed by atoms with Gasteiger partial charge < -0.3 is 38.5 Å². The topological polar surface area (TPSA) is 184 Å². The molecular formula is C55H73F3N10O8SSi2. The third-order valence-electron chi connectivity index (χ3n) is 15.3. The number of hydrogen-bond donors (Lipinski definition) is 2. The van der Waals surface area contributed by atoms with Gasteiger partial charge in [-0.15, -0.1) is 11.3 Å². The zero-order valence-electron chi connectivity index (χ0n) is 46.4. The number of pyridine rings is 1. The number of thiazole rings is 1. The van der Waals surface area contributed by atoms with E-state index in [0.717, 1.165) is 13.1 Å². The summed E-state index contributed by atoms with van der Waals surface area (Å²) in [5, 5.41) is 3.11. The minimum atomic E-state index is -4.62. The Morgan fingerprint density at radius 1 is 1.08 bits per heavy atom. The molecule has 1 aromatic carbocycles. The van der Waals surface area contributed by atoms with E-state index in [-0.39, 0.29) is 49.4 Å². The highest BCUT2D eigenvalue weighted by Crippen LogP contribution is 2.43. The Kier molecular flexibility index (Phi) is 18.9. The molecular weight excluding hydrogens is 1070 g/mol. The van der Waals surface area contributed by atoms with Crippen LogP contribution in [0.5, 0.6) is 0 Å². The zero-order chi connectivity index (χ0) is 57.0. The first-order chi connectivity index (χ1) is 37.4. The lowest BCUT2D eigenvalue weighted by atomic mass is 9.84. The van der Waals surface area contributed by atoms with Crippen LogP contribution in [0.2, 0.25) is 0 Å². The highest BCUT2D eigenvalue weighted by atomic mass is 32.1. The molecule has 3 fully saturated rings. The number of halogens is 3. The predicted molar refractivity (Wildman–Crippen MR) is 297 cm³/mol. The number of methoxy groups -OCH3 is 1. The van der Waals surface area contributed by atoms with E-state index >= 15 is 0 Å². The van der Waals surface area contributed by atoms with Crippen LogP contribution in [0.3, 0.4) is 0 Å².